The van der Waals surface area contributed by atoms with Crippen LogP contribution in [0, 0.1) is 0 Å². The number of aldehydes is 2. The van der Waals surface area contributed by atoms with Crippen molar-refractivity contribution in [2.45, 2.75) is 39.5 Å². The fraction of sp³-hybridized carbons (Fsp3) is 0.417. The van der Waals surface area contributed by atoms with Crippen molar-refractivity contribution in [2.75, 3.05) is 36.0 Å². The standard InChI is InChI=1S/C24H32N2O2/c1-3-25(23-13-9-21(19-27)10-14-23)17-7-5-6-8-18-26(4-2)24-15-11-22(20-28)12-16-24/h9-16,19-20H,3-8,17-18H2,1-2H3. The Balaban J connectivity index is 1.70. The molecule has 0 saturated carbocycles. The van der Waals surface area contributed by atoms with Crippen molar-refractivity contribution in [1.29, 1.82) is 0 Å². The molecule has 4 heteroatoms. The molecule has 0 aliphatic heterocycles. The zero-order valence-corrected chi connectivity index (χ0v) is 17.1. The average molecular weight is 381 g/mol. The zero-order valence-electron chi connectivity index (χ0n) is 17.1. The molecule has 0 N–H and O–H groups in total. The van der Waals surface area contributed by atoms with Crippen LogP contribution in [0.1, 0.15) is 60.2 Å². The predicted molar refractivity (Wildman–Crippen MR) is 118 cm³/mol. The van der Waals surface area contributed by atoms with Crippen molar-refractivity contribution in [3.63, 3.8) is 0 Å². The van der Waals surface area contributed by atoms with Crippen LogP contribution in [-0.2, 0) is 0 Å². The quantitative estimate of drug-likeness (QED) is 0.353. The van der Waals surface area contributed by atoms with Gasteiger partial charge in [0.25, 0.3) is 0 Å². The summed E-state index contributed by atoms with van der Waals surface area (Å²) in [5, 5.41) is 0. The lowest BCUT2D eigenvalue weighted by atomic mass is 10.1. The third-order valence-electron chi connectivity index (χ3n) is 5.16. The number of hydrogen-bond acceptors (Lipinski definition) is 4. The van der Waals surface area contributed by atoms with E-state index in [1.807, 2.05) is 48.5 Å². The van der Waals surface area contributed by atoms with E-state index in [4.69, 9.17) is 0 Å². The van der Waals surface area contributed by atoms with E-state index in [9.17, 15) is 9.59 Å². The molecule has 4 nitrogen and oxygen atoms in total. The minimum absolute atomic E-state index is 0.723. The van der Waals surface area contributed by atoms with Crippen LogP contribution >= 0.6 is 0 Å². The highest BCUT2D eigenvalue weighted by Crippen LogP contribution is 2.17. The van der Waals surface area contributed by atoms with E-state index < -0.39 is 0 Å². The SMILES string of the molecule is CCN(CCCCCCN(CC)c1ccc(C=O)cc1)c1ccc(C=O)cc1. The van der Waals surface area contributed by atoms with E-state index in [0.717, 1.165) is 49.9 Å². The van der Waals surface area contributed by atoms with E-state index in [1.165, 1.54) is 37.1 Å². The maximum atomic E-state index is 10.8. The van der Waals surface area contributed by atoms with E-state index in [1.54, 1.807) is 0 Å². The van der Waals surface area contributed by atoms with E-state index >= 15 is 0 Å². The summed E-state index contributed by atoms with van der Waals surface area (Å²) in [5.41, 5.74) is 3.82. The van der Waals surface area contributed by atoms with Gasteiger partial charge in [0.15, 0.2) is 0 Å². The van der Waals surface area contributed by atoms with Crippen molar-refractivity contribution >= 4 is 23.9 Å². The number of benzene rings is 2. The van der Waals surface area contributed by atoms with Crippen molar-refractivity contribution < 1.29 is 9.59 Å². The molecule has 0 aliphatic rings. The molecule has 0 spiro atoms. The van der Waals surface area contributed by atoms with E-state index in [-0.39, 0.29) is 0 Å². The van der Waals surface area contributed by atoms with E-state index in [2.05, 4.69) is 23.6 Å². The number of carbonyl (C=O) groups is 2. The Bertz CT molecular complexity index is 647. The second-order valence-corrected chi connectivity index (χ2v) is 6.99. The number of carbonyl (C=O) groups excluding carboxylic acids is 2. The van der Waals surface area contributed by atoms with Gasteiger partial charge in [-0.1, -0.05) is 12.8 Å². The maximum absolute atomic E-state index is 10.8. The molecule has 2 rings (SSSR count). The van der Waals surface area contributed by atoms with Crippen molar-refractivity contribution in [2.24, 2.45) is 0 Å². The largest absolute Gasteiger partial charge is 0.372 e. The van der Waals surface area contributed by atoms with Gasteiger partial charge in [0.05, 0.1) is 0 Å². The summed E-state index contributed by atoms with van der Waals surface area (Å²) >= 11 is 0. The number of rotatable bonds is 13. The Labute approximate surface area is 169 Å². The molecule has 0 aliphatic carbocycles. The van der Waals surface area contributed by atoms with Crippen molar-refractivity contribution in [3.05, 3.63) is 59.7 Å². The first-order valence-corrected chi connectivity index (χ1v) is 10.3. The summed E-state index contributed by atoms with van der Waals surface area (Å²) in [5.74, 6) is 0. The second kappa shape index (κ2) is 12.0. The lowest BCUT2D eigenvalue weighted by Gasteiger charge is -2.24. The minimum atomic E-state index is 0.723. The fourth-order valence-corrected chi connectivity index (χ4v) is 3.43. The lowest BCUT2D eigenvalue weighted by Crippen LogP contribution is -2.24. The molecule has 0 saturated heterocycles. The van der Waals surface area contributed by atoms with Gasteiger partial charge >= 0.3 is 0 Å². The summed E-state index contributed by atoms with van der Waals surface area (Å²) < 4.78 is 0. The predicted octanol–water partition coefficient (Wildman–Crippen LogP) is 5.22. The monoisotopic (exact) mass is 380 g/mol. The average Bonchev–Trinajstić information content (AvgIpc) is 2.76. The lowest BCUT2D eigenvalue weighted by molar-refractivity contribution is 0.111. The molecule has 0 unspecified atom stereocenters. The van der Waals surface area contributed by atoms with Gasteiger partial charge in [-0.05, 0) is 75.2 Å². The molecule has 2 aromatic rings. The van der Waals surface area contributed by atoms with Crippen LogP contribution in [0.2, 0.25) is 0 Å². The molecule has 2 aromatic carbocycles. The smallest absolute Gasteiger partial charge is 0.150 e. The van der Waals surface area contributed by atoms with Gasteiger partial charge in [-0.2, -0.15) is 0 Å². The Kier molecular flexibility index (Phi) is 9.26. The van der Waals surface area contributed by atoms with E-state index in [0.29, 0.717) is 0 Å². The van der Waals surface area contributed by atoms with Crippen LogP contribution in [0.25, 0.3) is 0 Å². The highest BCUT2D eigenvalue weighted by Gasteiger charge is 2.06. The molecule has 0 aromatic heterocycles. The molecule has 0 bridgehead atoms. The highest BCUT2D eigenvalue weighted by molar-refractivity contribution is 5.76. The molecular weight excluding hydrogens is 348 g/mol. The molecule has 0 fully saturated rings. The number of hydrogen-bond donors (Lipinski definition) is 0. The van der Waals surface area contributed by atoms with Gasteiger partial charge < -0.3 is 9.80 Å². The topological polar surface area (TPSA) is 40.6 Å². The van der Waals surface area contributed by atoms with Crippen LogP contribution in [0.15, 0.2) is 48.5 Å². The summed E-state index contributed by atoms with van der Waals surface area (Å²) in [6, 6.07) is 15.6. The van der Waals surface area contributed by atoms with Crippen LogP contribution in [0.4, 0.5) is 11.4 Å². The Morgan fingerprint density at radius 2 is 0.964 bits per heavy atom. The normalized spacial score (nSPS) is 10.5. The first-order valence-electron chi connectivity index (χ1n) is 10.3. The molecule has 0 heterocycles. The number of anilines is 2. The van der Waals surface area contributed by atoms with Gasteiger partial charge in [0.2, 0.25) is 0 Å². The molecule has 0 atom stereocenters. The highest BCUT2D eigenvalue weighted by atomic mass is 16.1. The van der Waals surface area contributed by atoms with Crippen LogP contribution in [-0.4, -0.2) is 38.8 Å². The van der Waals surface area contributed by atoms with Gasteiger partial charge in [0.1, 0.15) is 12.6 Å². The summed E-state index contributed by atoms with van der Waals surface area (Å²) in [7, 11) is 0. The van der Waals surface area contributed by atoms with Crippen molar-refractivity contribution in [3.8, 4) is 0 Å². The molecule has 150 valence electrons. The van der Waals surface area contributed by atoms with Gasteiger partial charge in [-0.25, -0.2) is 0 Å². The van der Waals surface area contributed by atoms with Crippen LogP contribution in [0.5, 0.6) is 0 Å². The van der Waals surface area contributed by atoms with Gasteiger partial charge in [-0.3, -0.25) is 9.59 Å². The fourth-order valence-electron chi connectivity index (χ4n) is 3.43. The zero-order chi connectivity index (χ0) is 20.2. The molecule has 28 heavy (non-hydrogen) atoms. The first-order chi connectivity index (χ1) is 13.7. The first kappa shape index (κ1) is 21.7. The molecular formula is C24H32N2O2. The molecule has 0 radical (unpaired) electrons. The van der Waals surface area contributed by atoms with Gasteiger partial charge in [-0.15, -0.1) is 0 Å². The maximum Gasteiger partial charge on any atom is 0.150 e. The summed E-state index contributed by atoms with van der Waals surface area (Å²) in [6.45, 7) is 8.37. The van der Waals surface area contributed by atoms with Crippen molar-refractivity contribution in [1.82, 2.24) is 0 Å². The number of unbranched alkanes of at least 4 members (excludes halogenated alkanes) is 3. The third kappa shape index (κ3) is 6.52. The Hall–Kier alpha value is -2.62. The van der Waals surface area contributed by atoms with Crippen LogP contribution in [0.3, 0.4) is 0 Å². The summed E-state index contributed by atoms with van der Waals surface area (Å²) in [6.07, 6.45) is 6.54. The number of nitrogens with zero attached hydrogens (tertiary/aromatic N) is 2. The third-order valence-corrected chi connectivity index (χ3v) is 5.16. The molecule has 0 amide bonds. The summed E-state index contributed by atoms with van der Waals surface area (Å²) in [4.78, 5) is 26.3. The van der Waals surface area contributed by atoms with Gasteiger partial charge in [0, 0.05) is 48.7 Å². The Morgan fingerprint density at radius 3 is 1.25 bits per heavy atom. The second-order valence-electron chi connectivity index (χ2n) is 6.99. The van der Waals surface area contributed by atoms with Crippen LogP contribution < -0.4 is 9.80 Å². The Morgan fingerprint density at radius 1 is 0.607 bits per heavy atom. The minimum Gasteiger partial charge on any atom is -0.372 e.